The first-order valence-corrected chi connectivity index (χ1v) is 10.7. The van der Waals surface area contributed by atoms with Crippen molar-refractivity contribution in [3.05, 3.63) is 29.8 Å². The van der Waals surface area contributed by atoms with Gasteiger partial charge in [-0.3, -0.25) is 4.79 Å². The van der Waals surface area contributed by atoms with E-state index in [4.69, 9.17) is 9.47 Å². The lowest BCUT2D eigenvalue weighted by Crippen LogP contribution is -2.39. The van der Waals surface area contributed by atoms with Gasteiger partial charge in [-0.25, -0.2) is 13.2 Å². The number of nitrogens with one attached hydrogen (secondary N) is 1. The summed E-state index contributed by atoms with van der Waals surface area (Å²) < 4.78 is 33.3. The van der Waals surface area contributed by atoms with Gasteiger partial charge in [0.15, 0.2) is 22.5 Å². The first kappa shape index (κ1) is 21.2. The molecule has 0 radical (unpaired) electrons. The van der Waals surface area contributed by atoms with Crippen molar-refractivity contribution in [2.24, 2.45) is 0 Å². The van der Waals surface area contributed by atoms with Crippen LogP contribution in [0.25, 0.3) is 0 Å². The van der Waals surface area contributed by atoms with Gasteiger partial charge in [0, 0.05) is 6.04 Å². The number of hydrogen-bond donors (Lipinski definition) is 1. The molecule has 1 N–H and O–H groups in total. The third-order valence-electron chi connectivity index (χ3n) is 4.31. The molecule has 0 aromatic heterocycles. The molecular weight excluding hydrogens is 370 g/mol. The summed E-state index contributed by atoms with van der Waals surface area (Å²) >= 11 is 0. The molecule has 0 unspecified atom stereocenters. The summed E-state index contributed by atoms with van der Waals surface area (Å²) in [7, 11) is -3.08. The van der Waals surface area contributed by atoms with Crippen molar-refractivity contribution in [3.8, 4) is 5.75 Å². The predicted molar refractivity (Wildman–Crippen MR) is 101 cm³/mol. The molecule has 0 aliphatic carbocycles. The Morgan fingerprint density at radius 2 is 1.85 bits per heavy atom. The second-order valence-electron chi connectivity index (χ2n) is 7.81. The zero-order valence-electron chi connectivity index (χ0n) is 16.2. The van der Waals surface area contributed by atoms with Crippen LogP contribution in [0.5, 0.6) is 5.75 Å². The van der Waals surface area contributed by atoms with Gasteiger partial charge in [0.1, 0.15) is 5.75 Å². The summed E-state index contributed by atoms with van der Waals surface area (Å²) in [5, 5.41) is 2.56. The highest BCUT2D eigenvalue weighted by atomic mass is 32.2. The number of carbonyl (C=O) groups is 2. The molecule has 0 spiro atoms. The molecule has 27 heavy (non-hydrogen) atoms. The second-order valence-corrected chi connectivity index (χ2v) is 10.0. The number of rotatable bonds is 6. The average molecular weight is 397 g/mol. The number of amides is 1. The Labute approximate surface area is 160 Å². The van der Waals surface area contributed by atoms with Gasteiger partial charge in [-0.1, -0.05) is 32.9 Å². The van der Waals surface area contributed by atoms with Gasteiger partial charge >= 0.3 is 5.97 Å². The molecule has 1 fully saturated rings. The largest absolute Gasteiger partial charge is 0.479 e. The molecule has 0 bridgehead atoms. The standard InChI is InChI=1S/C19H27NO6S/c1-13(26-16-7-5-14(6-8-16)19(2,3)4)18(22)25-11-17(21)20-15-9-10-27(23,24)12-15/h5-8,13,15H,9-12H2,1-4H3,(H,20,21)/t13-,15-/m0/s1. The van der Waals surface area contributed by atoms with E-state index in [0.717, 1.165) is 5.56 Å². The molecule has 8 heteroatoms. The van der Waals surface area contributed by atoms with Crippen LogP contribution in [0.2, 0.25) is 0 Å². The van der Waals surface area contributed by atoms with Gasteiger partial charge in [0.2, 0.25) is 0 Å². The van der Waals surface area contributed by atoms with Gasteiger partial charge in [-0.05, 0) is 36.5 Å². The molecule has 2 atom stereocenters. The fourth-order valence-corrected chi connectivity index (χ4v) is 4.39. The van der Waals surface area contributed by atoms with Crippen LogP contribution in [-0.4, -0.2) is 50.6 Å². The minimum atomic E-state index is -3.08. The number of benzene rings is 1. The second kappa shape index (κ2) is 8.29. The van der Waals surface area contributed by atoms with Gasteiger partial charge < -0.3 is 14.8 Å². The van der Waals surface area contributed by atoms with Crippen LogP contribution >= 0.6 is 0 Å². The van der Waals surface area contributed by atoms with E-state index in [-0.39, 0.29) is 16.9 Å². The Morgan fingerprint density at radius 1 is 1.22 bits per heavy atom. The van der Waals surface area contributed by atoms with E-state index in [9.17, 15) is 18.0 Å². The number of esters is 1. The maximum absolute atomic E-state index is 12.0. The zero-order valence-corrected chi connectivity index (χ0v) is 17.0. The molecule has 2 rings (SSSR count). The number of ether oxygens (including phenoxy) is 2. The van der Waals surface area contributed by atoms with Crippen molar-refractivity contribution in [2.45, 2.75) is 51.7 Å². The Bertz CT molecular complexity index is 779. The van der Waals surface area contributed by atoms with Crippen LogP contribution in [-0.2, 0) is 29.6 Å². The Hall–Kier alpha value is -2.09. The van der Waals surface area contributed by atoms with E-state index in [1.165, 1.54) is 0 Å². The minimum absolute atomic E-state index is 0.0229. The SMILES string of the molecule is C[C@H](Oc1ccc(C(C)(C)C)cc1)C(=O)OCC(=O)N[C@H]1CCS(=O)(=O)C1. The fourth-order valence-electron chi connectivity index (χ4n) is 2.72. The lowest BCUT2D eigenvalue weighted by molar-refractivity contribution is -0.154. The monoisotopic (exact) mass is 397 g/mol. The molecule has 150 valence electrons. The van der Waals surface area contributed by atoms with E-state index in [0.29, 0.717) is 12.2 Å². The third kappa shape index (κ3) is 6.53. The van der Waals surface area contributed by atoms with E-state index >= 15 is 0 Å². The van der Waals surface area contributed by atoms with E-state index in [1.54, 1.807) is 19.1 Å². The topological polar surface area (TPSA) is 98.8 Å². The molecule has 1 aliphatic heterocycles. The normalized spacial score (nSPS) is 19.9. The molecule has 1 aliphatic rings. The van der Waals surface area contributed by atoms with Gasteiger partial charge in [-0.15, -0.1) is 0 Å². The summed E-state index contributed by atoms with van der Waals surface area (Å²) in [5.41, 5.74) is 1.17. The summed E-state index contributed by atoms with van der Waals surface area (Å²) in [6, 6.07) is 7.04. The van der Waals surface area contributed by atoms with Crippen LogP contribution in [0, 0.1) is 0 Å². The first-order chi connectivity index (χ1) is 12.5. The van der Waals surface area contributed by atoms with Crippen molar-refractivity contribution < 1.29 is 27.5 Å². The van der Waals surface area contributed by atoms with E-state index < -0.39 is 40.5 Å². The van der Waals surface area contributed by atoms with Crippen LogP contribution in [0.1, 0.15) is 39.7 Å². The molecule has 1 amide bonds. The summed E-state index contributed by atoms with van der Waals surface area (Å²) in [6.07, 6.45) is -0.489. The summed E-state index contributed by atoms with van der Waals surface area (Å²) in [5.74, 6) is -0.655. The van der Waals surface area contributed by atoms with Crippen LogP contribution in [0.4, 0.5) is 0 Å². The highest BCUT2D eigenvalue weighted by Crippen LogP contribution is 2.24. The minimum Gasteiger partial charge on any atom is -0.479 e. The van der Waals surface area contributed by atoms with Crippen LogP contribution < -0.4 is 10.1 Å². The Kier molecular flexibility index (Phi) is 6.51. The summed E-state index contributed by atoms with van der Waals surface area (Å²) in [6.45, 7) is 7.40. The molecule has 1 heterocycles. The van der Waals surface area contributed by atoms with Crippen molar-refractivity contribution in [1.29, 1.82) is 0 Å². The zero-order chi connectivity index (χ0) is 20.2. The van der Waals surface area contributed by atoms with Crippen molar-refractivity contribution in [3.63, 3.8) is 0 Å². The highest BCUT2D eigenvalue weighted by Gasteiger charge is 2.29. The summed E-state index contributed by atoms with van der Waals surface area (Å²) in [4.78, 5) is 23.8. The maximum Gasteiger partial charge on any atom is 0.347 e. The molecule has 0 saturated carbocycles. The molecule has 1 aromatic carbocycles. The smallest absolute Gasteiger partial charge is 0.347 e. The molecule has 1 aromatic rings. The number of carbonyl (C=O) groups excluding carboxylic acids is 2. The van der Waals surface area contributed by atoms with Crippen LogP contribution in [0.15, 0.2) is 24.3 Å². The predicted octanol–water partition coefficient (Wildman–Crippen LogP) is 1.60. The maximum atomic E-state index is 12.0. The van der Waals surface area contributed by atoms with Crippen molar-refractivity contribution in [2.75, 3.05) is 18.1 Å². The Balaban J connectivity index is 1.77. The molecular formula is C19H27NO6S. The lowest BCUT2D eigenvalue weighted by Gasteiger charge is -2.20. The molecule has 1 saturated heterocycles. The van der Waals surface area contributed by atoms with Gasteiger partial charge in [0.25, 0.3) is 5.91 Å². The van der Waals surface area contributed by atoms with Gasteiger partial charge in [0.05, 0.1) is 11.5 Å². The van der Waals surface area contributed by atoms with Crippen molar-refractivity contribution in [1.82, 2.24) is 5.32 Å². The lowest BCUT2D eigenvalue weighted by atomic mass is 9.87. The first-order valence-electron chi connectivity index (χ1n) is 8.90. The quantitative estimate of drug-likeness (QED) is 0.732. The van der Waals surface area contributed by atoms with Crippen molar-refractivity contribution >= 4 is 21.7 Å². The van der Waals surface area contributed by atoms with E-state index in [2.05, 4.69) is 26.1 Å². The number of hydrogen-bond acceptors (Lipinski definition) is 6. The number of sulfone groups is 1. The fraction of sp³-hybridized carbons (Fsp3) is 0.579. The third-order valence-corrected chi connectivity index (χ3v) is 6.08. The average Bonchev–Trinajstić information content (AvgIpc) is 2.90. The molecule has 7 nitrogen and oxygen atoms in total. The Morgan fingerprint density at radius 3 is 2.37 bits per heavy atom. The van der Waals surface area contributed by atoms with Gasteiger partial charge in [-0.2, -0.15) is 0 Å². The highest BCUT2D eigenvalue weighted by molar-refractivity contribution is 7.91. The van der Waals surface area contributed by atoms with Crippen LogP contribution in [0.3, 0.4) is 0 Å². The van der Waals surface area contributed by atoms with E-state index in [1.807, 2.05) is 12.1 Å².